The molecule has 18 heavy (non-hydrogen) atoms. The lowest BCUT2D eigenvalue weighted by molar-refractivity contribution is 0.0357. The first-order valence-corrected chi connectivity index (χ1v) is 5.86. The third-order valence-corrected chi connectivity index (χ3v) is 2.81. The molecular formula is C12H18N4O2. The molecule has 0 aliphatic rings. The average molecular weight is 250 g/mol. The van der Waals surface area contributed by atoms with Crippen LogP contribution in [0.15, 0.2) is 24.7 Å². The number of rotatable bonds is 6. The van der Waals surface area contributed by atoms with E-state index in [9.17, 15) is 5.11 Å². The van der Waals surface area contributed by atoms with E-state index in [1.807, 2.05) is 6.07 Å². The molecule has 2 aromatic rings. The van der Waals surface area contributed by atoms with Crippen LogP contribution in [0.2, 0.25) is 0 Å². The largest absolute Gasteiger partial charge is 0.388 e. The number of hydrogen-bond acceptors (Lipinski definition) is 5. The predicted molar refractivity (Wildman–Crippen MR) is 68.6 cm³/mol. The summed E-state index contributed by atoms with van der Waals surface area (Å²) in [5, 5.41) is 17.4. The van der Waals surface area contributed by atoms with Crippen LogP contribution >= 0.6 is 0 Å². The van der Waals surface area contributed by atoms with Gasteiger partial charge >= 0.3 is 0 Å². The smallest absolute Gasteiger partial charge is 0.152 e. The molecule has 2 N–H and O–H groups in total. The van der Waals surface area contributed by atoms with Crippen molar-refractivity contribution < 1.29 is 9.84 Å². The van der Waals surface area contributed by atoms with Crippen LogP contribution in [0.5, 0.6) is 0 Å². The monoisotopic (exact) mass is 250 g/mol. The van der Waals surface area contributed by atoms with Crippen molar-refractivity contribution in [3.8, 4) is 0 Å². The van der Waals surface area contributed by atoms with Gasteiger partial charge in [-0.2, -0.15) is 5.10 Å². The van der Waals surface area contributed by atoms with Crippen LogP contribution in [0.3, 0.4) is 0 Å². The van der Waals surface area contributed by atoms with E-state index in [-0.39, 0.29) is 0 Å². The summed E-state index contributed by atoms with van der Waals surface area (Å²) >= 11 is 0. The van der Waals surface area contributed by atoms with Crippen molar-refractivity contribution in [2.45, 2.75) is 18.9 Å². The van der Waals surface area contributed by atoms with Crippen LogP contribution in [0.4, 0.5) is 5.82 Å². The van der Waals surface area contributed by atoms with Crippen LogP contribution < -0.4 is 5.32 Å². The predicted octanol–water partition coefficient (Wildman–Crippen LogP) is 0.929. The number of ether oxygens (including phenoxy) is 1. The van der Waals surface area contributed by atoms with Gasteiger partial charge in [0.25, 0.3) is 0 Å². The number of aromatic nitrogens is 3. The van der Waals surface area contributed by atoms with Crippen molar-refractivity contribution in [2.75, 3.05) is 25.6 Å². The summed E-state index contributed by atoms with van der Waals surface area (Å²) in [6.07, 6.45) is 5.74. The number of fused-ring (bicyclic) bond motifs is 1. The summed E-state index contributed by atoms with van der Waals surface area (Å²) in [6.45, 7) is 2.71. The first-order chi connectivity index (χ1) is 8.62. The number of anilines is 1. The molecule has 0 spiro atoms. The Morgan fingerprint density at radius 3 is 3.11 bits per heavy atom. The maximum Gasteiger partial charge on any atom is 0.152 e. The van der Waals surface area contributed by atoms with Crippen LogP contribution in [0.25, 0.3) is 5.52 Å². The third-order valence-electron chi connectivity index (χ3n) is 2.81. The Kier molecular flexibility index (Phi) is 3.78. The van der Waals surface area contributed by atoms with Gasteiger partial charge in [0.1, 0.15) is 5.52 Å². The molecule has 0 radical (unpaired) electrons. The van der Waals surface area contributed by atoms with Gasteiger partial charge in [0.05, 0.1) is 11.8 Å². The van der Waals surface area contributed by atoms with Gasteiger partial charge in [-0.3, -0.25) is 0 Å². The molecule has 1 unspecified atom stereocenters. The van der Waals surface area contributed by atoms with Gasteiger partial charge in [0.2, 0.25) is 0 Å². The molecule has 1 atom stereocenters. The van der Waals surface area contributed by atoms with Crippen LogP contribution in [0.1, 0.15) is 13.3 Å². The standard InChI is InChI=1S/C12H18N4O2/c1-12(17,4-8-18-2)9-14-11-10-3-5-15-16(10)7-6-13-11/h3,5-7,17H,4,8-9H2,1-2H3,(H,13,14). The Balaban J connectivity index is 2.03. The van der Waals surface area contributed by atoms with Gasteiger partial charge in [-0.05, 0) is 13.0 Å². The summed E-state index contributed by atoms with van der Waals surface area (Å²) < 4.78 is 6.71. The molecule has 0 aromatic carbocycles. The van der Waals surface area contributed by atoms with Crippen molar-refractivity contribution >= 4 is 11.3 Å². The van der Waals surface area contributed by atoms with Crippen molar-refractivity contribution in [2.24, 2.45) is 0 Å². The second-order valence-corrected chi connectivity index (χ2v) is 4.53. The van der Waals surface area contributed by atoms with E-state index >= 15 is 0 Å². The molecule has 6 heteroatoms. The summed E-state index contributed by atoms with van der Waals surface area (Å²) in [5.41, 5.74) is 0.0601. The molecule has 0 bridgehead atoms. The Bertz CT molecular complexity index is 510. The molecule has 2 rings (SSSR count). The first-order valence-electron chi connectivity index (χ1n) is 5.86. The van der Waals surface area contributed by atoms with Crippen LogP contribution in [-0.4, -0.2) is 45.6 Å². The molecule has 0 aliphatic heterocycles. The highest BCUT2D eigenvalue weighted by atomic mass is 16.5. The fourth-order valence-electron chi connectivity index (χ4n) is 1.68. The van der Waals surface area contributed by atoms with Gasteiger partial charge in [-0.1, -0.05) is 0 Å². The van der Waals surface area contributed by atoms with E-state index in [1.54, 1.807) is 37.1 Å². The van der Waals surface area contributed by atoms with Crippen molar-refractivity contribution in [3.63, 3.8) is 0 Å². The summed E-state index contributed by atoms with van der Waals surface area (Å²) in [6, 6.07) is 1.87. The third kappa shape index (κ3) is 2.96. The highest BCUT2D eigenvalue weighted by molar-refractivity contribution is 5.66. The molecule has 98 valence electrons. The molecule has 6 nitrogen and oxygen atoms in total. The second-order valence-electron chi connectivity index (χ2n) is 4.53. The minimum Gasteiger partial charge on any atom is -0.388 e. The number of aliphatic hydroxyl groups is 1. The molecule has 0 saturated carbocycles. The minimum atomic E-state index is -0.829. The molecule has 0 fully saturated rings. The number of nitrogens with one attached hydrogen (secondary N) is 1. The van der Waals surface area contributed by atoms with E-state index in [2.05, 4.69) is 15.4 Å². The lowest BCUT2D eigenvalue weighted by Crippen LogP contribution is -2.35. The van der Waals surface area contributed by atoms with E-state index in [4.69, 9.17) is 4.74 Å². The topological polar surface area (TPSA) is 71.7 Å². The Hall–Kier alpha value is -1.66. The Morgan fingerprint density at radius 1 is 1.50 bits per heavy atom. The quantitative estimate of drug-likeness (QED) is 0.798. The minimum absolute atomic E-state index is 0.411. The van der Waals surface area contributed by atoms with E-state index in [0.29, 0.717) is 25.4 Å². The zero-order valence-corrected chi connectivity index (χ0v) is 10.6. The maximum absolute atomic E-state index is 10.1. The van der Waals surface area contributed by atoms with Gasteiger partial charge in [0, 0.05) is 39.1 Å². The summed E-state index contributed by atoms with van der Waals surface area (Å²) in [4.78, 5) is 4.25. The molecule has 0 amide bonds. The summed E-state index contributed by atoms with van der Waals surface area (Å²) in [5.74, 6) is 0.715. The zero-order valence-electron chi connectivity index (χ0n) is 10.6. The molecular weight excluding hydrogens is 232 g/mol. The van der Waals surface area contributed by atoms with E-state index in [1.165, 1.54) is 0 Å². The second kappa shape index (κ2) is 5.32. The Labute approximate surface area is 106 Å². The van der Waals surface area contributed by atoms with Gasteiger partial charge in [-0.25, -0.2) is 9.50 Å². The SMILES string of the molecule is COCCC(C)(O)CNc1nccn2nccc12. The fourth-order valence-corrected chi connectivity index (χ4v) is 1.68. The van der Waals surface area contributed by atoms with Gasteiger partial charge in [-0.15, -0.1) is 0 Å². The maximum atomic E-state index is 10.1. The normalized spacial score (nSPS) is 14.6. The highest BCUT2D eigenvalue weighted by Crippen LogP contribution is 2.15. The van der Waals surface area contributed by atoms with E-state index in [0.717, 1.165) is 5.52 Å². The number of methoxy groups -OCH3 is 1. The Morgan fingerprint density at radius 2 is 2.33 bits per heavy atom. The van der Waals surface area contributed by atoms with Crippen molar-refractivity contribution in [3.05, 3.63) is 24.7 Å². The average Bonchev–Trinajstić information content (AvgIpc) is 2.82. The van der Waals surface area contributed by atoms with Crippen molar-refractivity contribution in [1.82, 2.24) is 14.6 Å². The lowest BCUT2D eigenvalue weighted by Gasteiger charge is -2.23. The molecule has 2 heterocycles. The van der Waals surface area contributed by atoms with E-state index < -0.39 is 5.60 Å². The van der Waals surface area contributed by atoms with Crippen molar-refractivity contribution in [1.29, 1.82) is 0 Å². The van der Waals surface area contributed by atoms with Crippen LogP contribution in [0, 0.1) is 0 Å². The molecule has 0 saturated heterocycles. The molecule has 0 aliphatic carbocycles. The number of hydrogen-bond donors (Lipinski definition) is 2. The van der Waals surface area contributed by atoms with Crippen LogP contribution in [-0.2, 0) is 4.74 Å². The fraction of sp³-hybridized carbons (Fsp3) is 0.500. The molecule has 2 aromatic heterocycles. The van der Waals surface area contributed by atoms with Gasteiger partial charge in [0.15, 0.2) is 5.82 Å². The lowest BCUT2D eigenvalue weighted by atomic mass is 10.0. The van der Waals surface area contributed by atoms with Gasteiger partial charge < -0.3 is 15.2 Å². The zero-order chi connectivity index (χ0) is 13.0. The highest BCUT2D eigenvalue weighted by Gasteiger charge is 2.20. The number of nitrogens with zero attached hydrogens (tertiary/aromatic N) is 3. The summed E-state index contributed by atoms with van der Waals surface area (Å²) in [7, 11) is 1.62. The first kappa shape index (κ1) is 12.8.